The normalized spacial score (nSPS) is 18.6. The van der Waals surface area contributed by atoms with E-state index in [1.165, 1.54) is 18.4 Å². The van der Waals surface area contributed by atoms with Crippen LogP contribution in [0.3, 0.4) is 0 Å². The molecule has 1 nitrogen and oxygen atoms in total. The van der Waals surface area contributed by atoms with Crippen molar-refractivity contribution >= 4 is 11.6 Å². The van der Waals surface area contributed by atoms with Gasteiger partial charge in [0.05, 0.1) is 12.2 Å². The number of benzene rings is 1. The van der Waals surface area contributed by atoms with Crippen LogP contribution in [0.4, 0.5) is 0 Å². The van der Waals surface area contributed by atoms with Gasteiger partial charge in [-0.3, -0.25) is 0 Å². The lowest BCUT2D eigenvalue weighted by Crippen LogP contribution is -2.01. The number of hydrogen-bond donors (Lipinski definition) is 0. The van der Waals surface area contributed by atoms with Crippen LogP contribution in [-0.4, -0.2) is 6.10 Å². The molecule has 1 aromatic carbocycles. The van der Waals surface area contributed by atoms with E-state index < -0.39 is 0 Å². The lowest BCUT2D eigenvalue weighted by molar-refractivity contribution is 0.0519. The van der Waals surface area contributed by atoms with Gasteiger partial charge in [-0.05, 0) is 37.5 Å². The Morgan fingerprint density at radius 3 is 2.85 bits per heavy atom. The Morgan fingerprint density at radius 2 is 2.23 bits per heavy atom. The van der Waals surface area contributed by atoms with Crippen molar-refractivity contribution in [3.63, 3.8) is 0 Å². The van der Waals surface area contributed by atoms with Gasteiger partial charge in [-0.15, -0.1) is 0 Å². The van der Waals surface area contributed by atoms with Gasteiger partial charge in [0.15, 0.2) is 0 Å². The van der Waals surface area contributed by atoms with Crippen molar-refractivity contribution in [2.24, 2.45) is 0 Å². The van der Waals surface area contributed by atoms with Crippen LogP contribution in [0.5, 0.6) is 0 Å². The molecule has 2 rings (SSSR count). The summed E-state index contributed by atoms with van der Waals surface area (Å²) in [7, 11) is 0. The summed E-state index contributed by atoms with van der Waals surface area (Å²) in [4.78, 5) is 0. The van der Waals surface area contributed by atoms with Gasteiger partial charge >= 0.3 is 0 Å². The van der Waals surface area contributed by atoms with E-state index in [0.717, 1.165) is 5.02 Å². The fourth-order valence-corrected chi connectivity index (χ4v) is 1.53. The number of rotatable bonds is 3. The molecule has 1 fully saturated rings. The molecule has 0 N–H and O–H groups in total. The lowest BCUT2D eigenvalue weighted by atomic mass is 10.1. The number of hydrogen-bond acceptors (Lipinski definition) is 1. The Kier molecular flexibility index (Phi) is 2.56. The maximum absolute atomic E-state index is 5.89. The smallest absolute Gasteiger partial charge is 0.0801 e. The largest absolute Gasteiger partial charge is 0.371 e. The molecule has 1 aromatic rings. The summed E-state index contributed by atoms with van der Waals surface area (Å²) in [5, 5.41) is 0.781. The molecule has 0 radical (unpaired) electrons. The molecule has 0 heterocycles. The lowest BCUT2D eigenvalue weighted by Gasteiger charge is -2.12. The molecule has 0 saturated heterocycles. The van der Waals surface area contributed by atoms with Crippen LogP contribution >= 0.6 is 11.6 Å². The second kappa shape index (κ2) is 3.69. The van der Waals surface area contributed by atoms with Crippen LogP contribution in [0.1, 0.15) is 31.4 Å². The quantitative estimate of drug-likeness (QED) is 0.718. The van der Waals surface area contributed by atoms with Crippen molar-refractivity contribution < 1.29 is 4.74 Å². The van der Waals surface area contributed by atoms with Gasteiger partial charge in [-0.2, -0.15) is 0 Å². The highest BCUT2D eigenvalue weighted by atomic mass is 35.5. The molecule has 1 saturated carbocycles. The molecule has 0 bridgehead atoms. The van der Waals surface area contributed by atoms with Crippen LogP contribution in [0.25, 0.3) is 0 Å². The zero-order chi connectivity index (χ0) is 9.26. The van der Waals surface area contributed by atoms with Crippen LogP contribution in [0.15, 0.2) is 24.3 Å². The first-order chi connectivity index (χ1) is 6.25. The minimum absolute atomic E-state index is 0.172. The van der Waals surface area contributed by atoms with Crippen LogP contribution in [-0.2, 0) is 4.74 Å². The van der Waals surface area contributed by atoms with E-state index >= 15 is 0 Å². The Labute approximate surface area is 83.7 Å². The van der Waals surface area contributed by atoms with E-state index in [-0.39, 0.29) is 6.10 Å². The molecule has 1 unspecified atom stereocenters. The summed E-state index contributed by atoms with van der Waals surface area (Å²) in [5.41, 5.74) is 1.17. The van der Waals surface area contributed by atoms with Crippen molar-refractivity contribution in [2.45, 2.75) is 32.0 Å². The van der Waals surface area contributed by atoms with Crippen LogP contribution in [0, 0.1) is 0 Å². The minimum atomic E-state index is 0.172. The first-order valence-corrected chi connectivity index (χ1v) is 5.04. The van der Waals surface area contributed by atoms with Crippen LogP contribution < -0.4 is 0 Å². The zero-order valence-corrected chi connectivity index (χ0v) is 8.42. The highest BCUT2D eigenvalue weighted by molar-refractivity contribution is 6.30. The zero-order valence-electron chi connectivity index (χ0n) is 7.66. The van der Waals surface area contributed by atoms with Gasteiger partial charge < -0.3 is 4.74 Å². The summed E-state index contributed by atoms with van der Waals surface area (Å²) in [6.45, 7) is 2.07. The van der Waals surface area contributed by atoms with Gasteiger partial charge in [-0.25, -0.2) is 0 Å². The molecular formula is C11H13ClO. The summed E-state index contributed by atoms with van der Waals surface area (Å²) < 4.78 is 5.74. The molecule has 2 heteroatoms. The number of halogens is 1. The summed E-state index contributed by atoms with van der Waals surface area (Å²) in [5.74, 6) is 0. The third-order valence-corrected chi connectivity index (χ3v) is 2.47. The molecule has 1 aliphatic rings. The molecule has 0 amide bonds. The summed E-state index contributed by atoms with van der Waals surface area (Å²) in [6, 6.07) is 7.87. The van der Waals surface area contributed by atoms with E-state index in [4.69, 9.17) is 16.3 Å². The minimum Gasteiger partial charge on any atom is -0.371 e. The van der Waals surface area contributed by atoms with Gasteiger partial charge in [0.25, 0.3) is 0 Å². The average Bonchev–Trinajstić information content (AvgIpc) is 2.88. The first-order valence-electron chi connectivity index (χ1n) is 4.66. The summed E-state index contributed by atoms with van der Waals surface area (Å²) >= 11 is 5.89. The predicted octanol–water partition coefficient (Wildman–Crippen LogP) is 3.58. The second-order valence-corrected chi connectivity index (χ2v) is 3.97. The third-order valence-electron chi connectivity index (χ3n) is 2.24. The fourth-order valence-electron chi connectivity index (χ4n) is 1.33. The number of ether oxygens (including phenoxy) is 1. The molecule has 1 aliphatic carbocycles. The Morgan fingerprint density at radius 1 is 1.46 bits per heavy atom. The van der Waals surface area contributed by atoms with E-state index in [1.54, 1.807) is 0 Å². The predicted molar refractivity (Wildman–Crippen MR) is 54.0 cm³/mol. The fraction of sp³-hybridized carbons (Fsp3) is 0.455. The van der Waals surface area contributed by atoms with Crippen LogP contribution in [0.2, 0.25) is 5.02 Å². The second-order valence-electron chi connectivity index (χ2n) is 3.53. The average molecular weight is 197 g/mol. The molecule has 0 aromatic heterocycles. The Bertz CT molecular complexity index is 294. The van der Waals surface area contributed by atoms with Gasteiger partial charge in [-0.1, -0.05) is 23.7 Å². The van der Waals surface area contributed by atoms with Gasteiger partial charge in [0.2, 0.25) is 0 Å². The van der Waals surface area contributed by atoms with Crippen molar-refractivity contribution in [3.05, 3.63) is 34.9 Å². The van der Waals surface area contributed by atoms with Crippen molar-refractivity contribution in [1.82, 2.24) is 0 Å². The van der Waals surface area contributed by atoms with Crippen molar-refractivity contribution in [1.29, 1.82) is 0 Å². The topological polar surface area (TPSA) is 9.23 Å². The summed E-state index contributed by atoms with van der Waals surface area (Å²) in [6.07, 6.45) is 3.09. The van der Waals surface area contributed by atoms with E-state index in [0.29, 0.717) is 6.10 Å². The standard InChI is InChI=1S/C11H13ClO/c1-8(13-11-5-6-11)9-3-2-4-10(12)7-9/h2-4,7-8,11H,5-6H2,1H3. The SMILES string of the molecule is CC(OC1CC1)c1cccc(Cl)c1. The van der Waals surface area contributed by atoms with Crippen molar-refractivity contribution in [2.75, 3.05) is 0 Å². The van der Waals surface area contributed by atoms with E-state index in [9.17, 15) is 0 Å². The maximum Gasteiger partial charge on any atom is 0.0801 e. The van der Waals surface area contributed by atoms with Gasteiger partial charge in [0, 0.05) is 5.02 Å². The highest BCUT2D eigenvalue weighted by Gasteiger charge is 2.24. The Hall–Kier alpha value is -0.530. The molecule has 1 atom stereocenters. The maximum atomic E-state index is 5.89. The molecule has 0 aliphatic heterocycles. The third kappa shape index (κ3) is 2.45. The van der Waals surface area contributed by atoms with E-state index in [2.05, 4.69) is 13.0 Å². The Balaban J connectivity index is 2.04. The molecule has 70 valence electrons. The van der Waals surface area contributed by atoms with Gasteiger partial charge in [0.1, 0.15) is 0 Å². The molecular weight excluding hydrogens is 184 g/mol. The molecule has 0 spiro atoms. The monoisotopic (exact) mass is 196 g/mol. The highest BCUT2D eigenvalue weighted by Crippen LogP contribution is 2.30. The molecule has 13 heavy (non-hydrogen) atoms. The first kappa shape index (κ1) is 9.04. The van der Waals surface area contributed by atoms with Crippen molar-refractivity contribution in [3.8, 4) is 0 Å². The van der Waals surface area contributed by atoms with E-state index in [1.807, 2.05) is 18.2 Å².